The first-order valence-electron chi connectivity index (χ1n) is 6.85. The number of hydrazine groups is 1. The number of ether oxygens (including phenoxy) is 1. The molecular formula is C16H17N5O. The third-order valence-corrected chi connectivity index (χ3v) is 3.13. The Labute approximate surface area is 128 Å². The first kappa shape index (κ1) is 14.1. The average Bonchev–Trinajstić information content (AvgIpc) is 2.51. The smallest absolute Gasteiger partial charge is 0.248 e. The molecule has 0 saturated carbocycles. The van der Waals surface area contributed by atoms with E-state index in [1.54, 1.807) is 5.01 Å². The molecule has 3 N–H and O–H groups in total. The van der Waals surface area contributed by atoms with Crippen LogP contribution in [-0.2, 0) is 0 Å². The van der Waals surface area contributed by atoms with E-state index >= 15 is 0 Å². The third-order valence-electron chi connectivity index (χ3n) is 3.13. The summed E-state index contributed by atoms with van der Waals surface area (Å²) in [5.74, 6) is 1.55. The highest BCUT2D eigenvalue weighted by Gasteiger charge is 2.12. The van der Waals surface area contributed by atoms with Gasteiger partial charge in [-0.3, -0.25) is 0 Å². The molecule has 0 bridgehead atoms. The fourth-order valence-electron chi connectivity index (χ4n) is 2.15. The number of nitrogen functional groups attached to an aromatic ring is 1. The molecule has 1 heterocycles. The second-order valence-electron chi connectivity index (χ2n) is 5.03. The van der Waals surface area contributed by atoms with Crippen molar-refractivity contribution in [3.8, 4) is 11.6 Å². The van der Waals surface area contributed by atoms with Gasteiger partial charge in [0.05, 0.1) is 0 Å². The Morgan fingerprint density at radius 2 is 1.82 bits per heavy atom. The molecule has 0 amide bonds. The number of fused-ring (bicyclic) bond motifs is 1. The van der Waals surface area contributed by atoms with Crippen LogP contribution in [0.2, 0.25) is 0 Å². The van der Waals surface area contributed by atoms with Gasteiger partial charge in [-0.25, -0.2) is 9.99 Å². The maximum atomic E-state index is 6.08. The van der Waals surface area contributed by atoms with Crippen LogP contribution in [0.3, 0.4) is 0 Å². The molecule has 3 rings (SSSR count). The van der Waals surface area contributed by atoms with E-state index in [0.29, 0.717) is 23.1 Å². The molecule has 6 nitrogen and oxygen atoms in total. The molecule has 112 valence electrons. The molecule has 0 spiro atoms. The van der Waals surface area contributed by atoms with Crippen molar-refractivity contribution in [2.45, 2.75) is 0 Å². The Hall–Kier alpha value is -2.86. The molecular weight excluding hydrogens is 278 g/mol. The highest BCUT2D eigenvalue weighted by atomic mass is 16.5. The molecule has 2 aromatic carbocycles. The topological polar surface area (TPSA) is 76.3 Å². The zero-order valence-electron chi connectivity index (χ0n) is 12.4. The SMILES string of the molecule is CN(C)Nc1ncnc(Oc2cccc3ccccc23)c1N. The molecule has 0 radical (unpaired) electrons. The highest BCUT2D eigenvalue weighted by molar-refractivity contribution is 5.88. The van der Waals surface area contributed by atoms with Gasteiger partial charge in [-0.2, -0.15) is 4.98 Å². The maximum Gasteiger partial charge on any atom is 0.248 e. The van der Waals surface area contributed by atoms with Gasteiger partial charge in [0.25, 0.3) is 0 Å². The minimum Gasteiger partial charge on any atom is -0.436 e. The van der Waals surface area contributed by atoms with Crippen molar-refractivity contribution in [1.29, 1.82) is 0 Å². The van der Waals surface area contributed by atoms with Gasteiger partial charge in [-0.15, -0.1) is 0 Å². The molecule has 0 aliphatic rings. The fourth-order valence-corrected chi connectivity index (χ4v) is 2.15. The Bertz CT molecular complexity index is 798. The molecule has 6 heteroatoms. The Morgan fingerprint density at radius 1 is 1.05 bits per heavy atom. The molecule has 0 aliphatic carbocycles. The summed E-state index contributed by atoms with van der Waals surface area (Å²) in [5, 5.41) is 3.85. The summed E-state index contributed by atoms with van der Waals surface area (Å²) in [4.78, 5) is 8.25. The van der Waals surface area contributed by atoms with Gasteiger partial charge in [-0.1, -0.05) is 36.4 Å². The van der Waals surface area contributed by atoms with Crippen molar-refractivity contribution >= 4 is 22.3 Å². The van der Waals surface area contributed by atoms with E-state index in [9.17, 15) is 0 Å². The lowest BCUT2D eigenvalue weighted by Crippen LogP contribution is -2.21. The van der Waals surface area contributed by atoms with Crippen LogP contribution < -0.4 is 15.9 Å². The minimum atomic E-state index is 0.329. The van der Waals surface area contributed by atoms with Crippen LogP contribution in [0.1, 0.15) is 0 Å². The molecule has 0 atom stereocenters. The normalized spacial score (nSPS) is 10.9. The molecule has 0 fully saturated rings. The molecule has 0 aliphatic heterocycles. The van der Waals surface area contributed by atoms with Gasteiger partial charge in [-0.05, 0) is 11.5 Å². The van der Waals surface area contributed by atoms with Crippen LogP contribution in [0.5, 0.6) is 11.6 Å². The van der Waals surface area contributed by atoms with E-state index in [-0.39, 0.29) is 0 Å². The van der Waals surface area contributed by atoms with Crippen LogP contribution in [0.4, 0.5) is 11.5 Å². The summed E-state index contributed by atoms with van der Waals surface area (Å²) in [6, 6.07) is 13.9. The van der Waals surface area contributed by atoms with Gasteiger partial charge in [0.2, 0.25) is 5.88 Å². The van der Waals surface area contributed by atoms with Crippen molar-refractivity contribution in [1.82, 2.24) is 15.0 Å². The van der Waals surface area contributed by atoms with Crippen LogP contribution in [-0.4, -0.2) is 29.1 Å². The average molecular weight is 295 g/mol. The summed E-state index contributed by atoms with van der Waals surface area (Å²) in [6.45, 7) is 0. The number of nitrogens with two attached hydrogens (primary N) is 1. The van der Waals surface area contributed by atoms with Gasteiger partial charge in [0.15, 0.2) is 5.82 Å². The van der Waals surface area contributed by atoms with Crippen LogP contribution in [0.25, 0.3) is 10.8 Å². The van der Waals surface area contributed by atoms with Gasteiger partial charge < -0.3 is 15.9 Å². The highest BCUT2D eigenvalue weighted by Crippen LogP contribution is 2.33. The zero-order valence-corrected chi connectivity index (χ0v) is 12.4. The van der Waals surface area contributed by atoms with E-state index in [1.165, 1.54) is 6.33 Å². The van der Waals surface area contributed by atoms with E-state index in [2.05, 4.69) is 15.4 Å². The largest absolute Gasteiger partial charge is 0.436 e. The summed E-state index contributed by atoms with van der Waals surface area (Å²) < 4.78 is 5.91. The van der Waals surface area contributed by atoms with Crippen LogP contribution in [0, 0.1) is 0 Å². The molecule has 0 saturated heterocycles. The van der Waals surface area contributed by atoms with Gasteiger partial charge in [0.1, 0.15) is 17.8 Å². The predicted molar refractivity (Wildman–Crippen MR) is 87.8 cm³/mol. The molecule has 3 aromatic rings. The second kappa shape index (κ2) is 5.87. The summed E-state index contributed by atoms with van der Waals surface area (Å²) in [6.07, 6.45) is 1.42. The Morgan fingerprint density at radius 3 is 2.64 bits per heavy atom. The lowest BCUT2D eigenvalue weighted by Gasteiger charge is -2.16. The monoisotopic (exact) mass is 295 g/mol. The van der Waals surface area contributed by atoms with E-state index in [0.717, 1.165) is 10.8 Å². The number of nitrogens with zero attached hydrogens (tertiary/aromatic N) is 3. The van der Waals surface area contributed by atoms with E-state index in [4.69, 9.17) is 10.5 Å². The van der Waals surface area contributed by atoms with Crippen molar-refractivity contribution in [3.63, 3.8) is 0 Å². The van der Waals surface area contributed by atoms with Crippen molar-refractivity contribution < 1.29 is 4.74 Å². The van der Waals surface area contributed by atoms with Gasteiger partial charge >= 0.3 is 0 Å². The van der Waals surface area contributed by atoms with Crippen LogP contribution in [0.15, 0.2) is 48.8 Å². The molecule has 22 heavy (non-hydrogen) atoms. The zero-order chi connectivity index (χ0) is 15.5. The first-order valence-corrected chi connectivity index (χ1v) is 6.85. The van der Waals surface area contributed by atoms with Crippen molar-refractivity contribution in [2.24, 2.45) is 0 Å². The number of rotatable bonds is 4. The molecule has 1 aromatic heterocycles. The van der Waals surface area contributed by atoms with E-state index in [1.807, 2.05) is 56.6 Å². The second-order valence-corrected chi connectivity index (χ2v) is 5.03. The number of benzene rings is 2. The fraction of sp³-hybridized carbons (Fsp3) is 0.125. The number of hydrogen-bond acceptors (Lipinski definition) is 6. The quantitative estimate of drug-likeness (QED) is 0.721. The first-order chi connectivity index (χ1) is 10.6. The lowest BCUT2D eigenvalue weighted by molar-refractivity contribution is 0.466. The van der Waals surface area contributed by atoms with E-state index < -0.39 is 0 Å². The standard InChI is InChI=1S/C16H17N5O/c1-21(2)20-15-14(17)16(19-10-18-15)22-13-9-5-7-11-6-3-4-8-12(11)13/h3-10H,17H2,1-2H3,(H,18,19,20). The Kier molecular flexibility index (Phi) is 3.76. The third kappa shape index (κ3) is 2.77. The predicted octanol–water partition coefficient (Wildman–Crippen LogP) is 2.89. The van der Waals surface area contributed by atoms with Crippen LogP contribution >= 0.6 is 0 Å². The summed E-state index contributed by atoms with van der Waals surface area (Å²) >= 11 is 0. The summed E-state index contributed by atoms with van der Waals surface area (Å²) in [5.41, 5.74) is 9.46. The minimum absolute atomic E-state index is 0.329. The number of nitrogens with one attached hydrogen (secondary N) is 1. The molecule has 0 unspecified atom stereocenters. The Balaban J connectivity index is 1.99. The maximum absolute atomic E-state index is 6.08. The summed E-state index contributed by atoms with van der Waals surface area (Å²) in [7, 11) is 3.71. The van der Waals surface area contributed by atoms with Crippen molar-refractivity contribution in [2.75, 3.05) is 25.3 Å². The van der Waals surface area contributed by atoms with Crippen molar-refractivity contribution in [3.05, 3.63) is 48.8 Å². The number of aromatic nitrogens is 2. The van der Waals surface area contributed by atoms with Gasteiger partial charge in [0, 0.05) is 19.5 Å². The number of anilines is 2. The number of hydrogen-bond donors (Lipinski definition) is 2. The lowest BCUT2D eigenvalue weighted by atomic mass is 10.1.